The quantitative estimate of drug-likeness (QED) is 0.619. The zero-order chi connectivity index (χ0) is 20.8. The molecule has 0 saturated heterocycles. The molecule has 1 aliphatic carbocycles. The number of carboxylic acids is 1. The maximum absolute atomic E-state index is 11.0. The summed E-state index contributed by atoms with van der Waals surface area (Å²) < 4.78 is 17.3. The van der Waals surface area contributed by atoms with Crippen LogP contribution in [0.3, 0.4) is 0 Å². The van der Waals surface area contributed by atoms with Gasteiger partial charge in [-0.15, -0.1) is 0 Å². The molecule has 3 rings (SSSR count). The van der Waals surface area contributed by atoms with E-state index in [0.717, 1.165) is 61.3 Å². The molecule has 6 nitrogen and oxygen atoms in total. The third-order valence-corrected chi connectivity index (χ3v) is 5.83. The van der Waals surface area contributed by atoms with Crippen molar-refractivity contribution >= 4 is 5.97 Å². The van der Waals surface area contributed by atoms with E-state index in [1.54, 1.807) is 14.0 Å². The van der Waals surface area contributed by atoms with Crippen LogP contribution < -0.4 is 4.74 Å². The Morgan fingerprint density at radius 3 is 2.97 bits per heavy atom. The zero-order valence-electron chi connectivity index (χ0n) is 17.5. The molecule has 1 unspecified atom stereocenters. The number of aliphatic carboxylic acids is 1. The number of nitrogens with zero attached hydrogens (tertiary/aromatic N) is 1. The second-order valence-electron chi connectivity index (χ2n) is 8.04. The summed E-state index contributed by atoms with van der Waals surface area (Å²) >= 11 is 0. The van der Waals surface area contributed by atoms with Gasteiger partial charge in [-0.05, 0) is 56.7 Å². The van der Waals surface area contributed by atoms with Crippen LogP contribution in [-0.2, 0) is 16.1 Å². The average molecular weight is 402 g/mol. The van der Waals surface area contributed by atoms with Crippen molar-refractivity contribution in [3.8, 4) is 17.2 Å². The van der Waals surface area contributed by atoms with Gasteiger partial charge in [-0.25, -0.2) is 4.98 Å². The van der Waals surface area contributed by atoms with Crippen LogP contribution in [0.4, 0.5) is 0 Å². The van der Waals surface area contributed by atoms with Gasteiger partial charge in [0.1, 0.15) is 17.2 Å². The Kier molecular flexibility index (Phi) is 7.31. The molecule has 6 heteroatoms. The summed E-state index contributed by atoms with van der Waals surface area (Å²) in [6.07, 6.45) is 6.22. The fourth-order valence-corrected chi connectivity index (χ4v) is 3.90. The smallest absolute Gasteiger partial charge is 0.306 e. The van der Waals surface area contributed by atoms with Crippen LogP contribution in [0.5, 0.6) is 5.75 Å². The number of methoxy groups -OCH3 is 1. The predicted molar refractivity (Wildman–Crippen MR) is 110 cm³/mol. The first-order chi connectivity index (χ1) is 14.0. The first-order valence-electron chi connectivity index (χ1n) is 10.4. The summed E-state index contributed by atoms with van der Waals surface area (Å²) in [5.74, 6) is 1.67. The minimum atomic E-state index is -0.707. The Labute approximate surface area is 172 Å². The highest BCUT2D eigenvalue weighted by Gasteiger charge is 2.24. The van der Waals surface area contributed by atoms with Gasteiger partial charge < -0.3 is 19.0 Å². The molecule has 0 bridgehead atoms. The van der Waals surface area contributed by atoms with Crippen LogP contribution in [0, 0.1) is 18.8 Å². The van der Waals surface area contributed by atoms with E-state index < -0.39 is 5.97 Å². The molecular weight excluding hydrogens is 370 g/mol. The van der Waals surface area contributed by atoms with Gasteiger partial charge in [-0.1, -0.05) is 25.8 Å². The van der Waals surface area contributed by atoms with Gasteiger partial charge in [-0.2, -0.15) is 0 Å². The number of oxazole rings is 1. The van der Waals surface area contributed by atoms with Crippen molar-refractivity contribution in [3.05, 3.63) is 35.7 Å². The topological polar surface area (TPSA) is 81.8 Å². The van der Waals surface area contributed by atoms with Gasteiger partial charge in [0, 0.05) is 5.56 Å². The summed E-state index contributed by atoms with van der Waals surface area (Å²) in [5.41, 5.74) is 1.70. The molecule has 1 saturated carbocycles. The molecule has 1 aliphatic rings. The van der Waals surface area contributed by atoms with Gasteiger partial charge in [0.15, 0.2) is 0 Å². The highest BCUT2D eigenvalue weighted by molar-refractivity contribution is 5.69. The summed E-state index contributed by atoms with van der Waals surface area (Å²) in [4.78, 5) is 15.6. The average Bonchev–Trinajstić information content (AvgIpc) is 3.11. The Hall–Kier alpha value is -2.34. The van der Waals surface area contributed by atoms with E-state index in [0.29, 0.717) is 18.4 Å². The Morgan fingerprint density at radius 1 is 1.38 bits per heavy atom. The fourth-order valence-electron chi connectivity index (χ4n) is 3.90. The van der Waals surface area contributed by atoms with Crippen LogP contribution in [0.1, 0.15) is 56.9 Å². The SMILES string of the molecule is COc1cccc(-c2nc(CO[C@@H]3CCC[C@H](CCC(C)C(=O)O)C3)c(C)o2)c1. The molecule has 1 fully saturated rings. The molecule has 0 amide bonds. The number of hydrogen-bond donors (Lipinski definition) is 1. The summed E-state index contributed by atoms with van der Waals surface area (Å²) in [5, 5.41) is 9.07. The monoisotopic (exact) mass is 401 g/mol. The lowest BCUT2D eigenvalue weighted by Gasteiger charge is -2.29. The number of aryl methyl sites for hydroxylation is 1. The lowest BCUT2D eigenvalue weighted by Crippen LogP contribution is -2.24. The number of benzene rings is 1. The van der Waals surface area contributed by atoms with E-state index in [2.05, 4.69) is 4.98 Å². The van der Waals surface area contributed by atoms with Gasteiger partial charge in [0.25, 0.3) is 0 Å². The zero-order valence-corrected chi connectivity index (χ0v) is 17.5. The highest BCUT2D eigenvalue weighted by Crippen LogP contribution is 2.32. The van der Waals surface area contributed by atoms with E-state index >= 15 is 0 Å². The number of hydrogen-bond acceptors (Lipinski definition) is 5. The van der Waals surface area contributed by atoms with Crippen molar-refractivity contribution in [2.75, 3.05) is 7.11 Å². The molecule has 158 valence electrons. The first-order valence-corrected chi connectivity index (χ1v) is 10.4. The maximum Gasteiger partial charge on any atom is 0.306 e. The number of carboxylic acid groups (broad SMARTS) is 1. The molecule has 0 radical (unpaired) electrons. The molecule has 0 spiro atoms. The van der Waals surface area contributed by atoms with E-state index in [4.69, 9.17) is 19.0 Å². The molecule has 0 aliphatic heterocycles. The molecule has 1 aromatic carbocycles. The lowest BCUT2D eigenvalue weighted by molar-refractivity contribution is -0.141. The van der Waals surface area contributed by atoms with Crippen molar-refractivity contribution in [1.29, 1.82) is 0 Å². The first kappa shape index (κ1) is 21.4. The summed E-state index contributed by atoms with van der Waals surface area (Å²) in [6.45, 7) is 4.13. The van der Waals surface area contributed by atoms with Crippen LogP contribution in [0.25, 0.3) is 11.5 Å². The number of rotatable bonds is 9. The summed E-state index contributed by atoms with van der Waals surface area (Å²) in [7, 11) is 1.64. The molecule has 1 aromatic heterocycles. The molecule has 3 atom stereocenters. The Bertz CT molecular complexity index is 815. The van der Waals surface area contributed by atoms with Crippen molar-refractivity contribution in [2.24, 2.45) is 11.8 Å². The van der Waals surface area contributed by atoms with Crippen molar-refractivity contribution in [1.82, 2.24) is 4.98 Å². The van der Waals surface area contributed by atoms with Crippen LogP contribution in [-0.4, -0.2) is 29.3 Å². The minimum Gasteiger partial charge on any atom is -0.497 e. The van der Waals surface area contributed by atoms with Gasteiger partial charge in [0.05, 0.1) is 25.7 Å². The van der Waals surface area contributed by atoms with Gasteiger partial charge >= 0.3 is 5.97 Å². The molecule has 2 aromatic rings. The Balaban J connectivity index is 1.54. The Morgan fingerprint density at radius 2 is 2.21 bits per heavy atom. The third-order valence-electron chi connectivity index (χ3n) is 5.83. The fraction of sp³-hybridized carbons (Fsp3) is 0.565. The highest BCUT2D eigenvalue weighted by atomic mass is 16.5. The largest absolute Gasteiger partial charge is 0.497 e. The molecule has 1 N–H and O–H groups in total. The second kappa shape index (κ2) is 9.92. The van der Waals surface area contributed by atoms with Crippen LogP contribution in [0.15, 0.2) is 28.7 Å². The minimum absolute atomic E-state index is 0.199. The lowest BCUT2D eigenvalue weighted by atomic mass is 9.83. The number of aromatic nitrogens is 1. The van der Waals surface area contributed by atoms with E-state index in [9.17, 15) is 4.79 Å². The van der Waals surface area contributed by atoms with Crippen LogP contribution >= 0.6 is 0 Å². The predicted octanol–water partition coefficient (Wildman–Crippen LogP) is 5.23. The van der Waals surface area contributed by atoms with Crippen molar-refractivity contribution in [2.45, 2.75) is 65.1 Å². The van der Waals surface area contributed by atoms with Crippen molar-refractivity contribution in [3.63, 3.8) is 0 Å². The number of carbonyl (C=O) groups is 1. The van der Waals surface area contributed by atoms with Gasteiger partial charge in [0.2, 0.25) is 5.89 Å². The van der Waals surface area contributed by atoms with Crippen molar-refractivity contribution < 1.29 is 23.8 Å². The number of ether oxygens (including phenoxy) is 2. The molecule has 1 heterocycles. The normalized spacial score (nSPS) is 20.4. The van der Waals surface area contributed by atoms with Gasteiger partial charge in [-0.3, -0.25) is 4.79 Å². The summed E-state index contributed by atoms with van der Waals surface area (Å²) in [6, 6.07) is 7.65. The third kappa shape index (κ3) is 5.82. The molecular formula is C23H31NO5. The van der Waals surface area contributed by atoms with E-state index in [1.807, 2.05) is 31.2 Å². The standard InChI is InChI=1S/C23H31NO5/c1-15(23(25)26)10-11-17-6-4-9-20(12-17)28-14-21-16(2)29-22(24-21)18-7-5-8-19(13-18)27-3/h5,7-8,13,15,17,20H,4,6,9-12,14H2,1-3H3,(H,25,26)/t15?,17-,20-/m1/s1. The molecule has 29 heavy (non-hydrogen) atoms. The van der Waals surface area contributed by atoms with E-state index in [1.165, 1.54) is 0 Å². The van der Waals surface area contributed by atoms with Crippen LogP contribution in [0.2, 0.25) is 0 Å². The second-order valence-corrected chi connectivity index (χ2v) is 8.04. The maximum atomic E-state index is 11.0. The van der Waals surface area contributed by atoms with E-state index in [-0.39, 0.29) is 12.0 Å².